The van der Waals surface area contributed by atoms with E-state index >= 15 is 0 Å². The molecule has 1 saturated carbocycles. The van der Waals surface area contributed by atoms with Crippen molar-refractivity contribution < 1.29 is 14.3 Å². The molecule has 1 aliphatic carbocycles. The summed E-state index contributed by atoms with van der Waals surface area (Å²) in [6, 6.07) is 14.8. The number of amides is 2. The van der Waals surface area contributed by atoms with Crippen LogP contribution in [-0.2, 0) is 11.8 Å². The number of thioether (sulfide) groups is 1. The highest BCUT2D eigenvalue weighted by atomic mass is 32.2. The molecule has 0 saturated heterocycles. The first kappa shape index (κ1) is 20.9. The highest BCUT2D eigenvalue weighted by molar-refractivity contribution is 7.99. The zero-order valence-corrected chi connectivity index (χ0v) is 18.1. The molecule has 4 rings (SSSR count). The quantitative estimate of drug-likeness (QED) is 0.526. The van der Waals surface area contributed by atoms with Crippen molar-refractivity contribution in [1.29, 1.82) is 0 Å². The second kappa shape index (κ2) is 9.22. The molecule has 0 radical (unpaired) electrons. The van der Waals surface area contributed by atoms with Crippen LogP contribution >= 0.6 is 11.8 Å². The van der Waals surface area contributed by atoms with E-state index in [0.29, 0.717) is 28.0 Å². The van der Waals surface area contributed by atoms with Crippen molar-refractivity contribution in [3.8, 4) is 17.1 Å². The molecule has 31 heavy (non-hydrogen) atoms. The van der Waals surface area contributed by atoms with E-state index in [1.165, 1.54) is 11.8 Å². The topological polar surface area (TPSA) is 98.1 Å². The number of nitrogens with one attached hydrogen (secondary N) is 2. The van der Waals surface area contributed by atoms with E-state index < -0.39 is 0 Å². The summed E-state index contributed by atoms with van der Waals surface area (Å²) in [5.41, 5.74) is 1.79. The van der Waals surface area contributed by atoms with Crippen LogP contribution in [0, 0.1) is 0 Å². The molecule has 2 N–H and O–H groups in total. The van der Waals surface area contributed by atoms with E-state index in [1.54, 1.807) is 31.4 Å². The highest BCUT2D eigenvalue weighted by Crippen LogP contribution is 2.30. The van der Waals surface area contributed by atoms with Crippen LogP contribution in [0.25, 0.3) is 11.4 Å². The van der Waals surface area contributed by atoms with Gasteiger partial charge in [-0.05, 0) is 37.1 Å². The van der Waals surface area contributed by atoms with Gasteiger partial charge in [-0.25, -0.2) is 0 Å². The van der Waals surface area contributed by atoms with Crippen molar-refractivity contribution in [2.75, 3.05) is 18.2 Å². The number of benzene rings is 2. The number of nitrogens with zero attached hydrogens (tertiary/aromatic N) is 3. The summed E-state index contributed by atoms with van der Waals surface area (Å²) in [5.74, 6) is 1.10. The smallest absolute Gasteiger partial charge is 0.253 e. The SMILES string of the molecule is COc1ccccc1-c1nnc(SCC(=O)Nc2ccccc2C(=O)NC2CC2)n1C. The maximum absolute atomic E-state index is 12.5. The van der Waals surface area contributed by atoms with Gasteiger partial charge in [-0.15, -0.1) is 10.2 Å². The maximum Gasteiger partial charge on any atom is 0.253 e. The average molecular weight is 438 g/mol. The third kappa shape index (κ3) is 4.88. The van der Waals surface area contributed by atoms with Crippen molar-refractivity contribution in [3.63, 3.8) is 0 Å². The first-order chi connectivity index (χ1) is 15.1. The standard InChI is InChI=1S/C22H23N5O3S/c1-27-20(16-8-4-6-10-18(16)30-2)25-26-22(27)31-13-19(28)24-17-9-5-3-7-15(17)21(29)23-14-11-12-14/h3-10,14H,11-13H2,1-2H3,(H,23,29)(H,24,28). The molecule has 0 aliphatic heterocycles. The Balaban J connectivity index is 1.41. The molecule has 2 aromatic carbocycles. The highest BCUT2D eigenvalue weighted by Gasteiger charge is 2.25. The van der Waals surface area contributed by atoms with Gasteiger partial charge in [0.05, 0.1) is 29.7 Å². The van der Waals surface area contributed by atoms with Gasteiger partial charge in [0.2, 0.25) is 5.91 Å². The molecule has 2 amide bonds. The number of anilines is 1. The lowest BCUT2D eigenvalue weighted by molar-refractivity contribution is -0.113. The normalized spacial score (nSPS) is 13.0. The molecule has 160 valence electrons. The van der Waals surface area contributed by atoms with E-state index in [1.807, 2.05) is 35.9 Å². The molecule has 0 spiro atoms. The van der Waals surface area contributed by atoms with Crippen molar-refractivity contribution >= 4 is 29.3 Å². The monoisotopic (exact) mass is 437 g/mol. The molecule has 9 heteroatoms. The molecule has 1 aliphatic rings. The Labute approximate surface area is 184 Å². The average Bonchev–Trinajstić information content (AvgIpc) is 3.52. The zero-order valence-electron chi connectivity index (χ0n) is 17.3. The fourth-order valence-electron chi connectivity index (χ4n) is 3.10. The van der Waals surface area contributed by atoms with Crippen LogP contribution in [0.15, 0.2) is 53.7 Å². The number of hydrogen-bond acceptors (Lipinski definition) is 6. The van der Waals surface area contributed by atoms with Gasteiger partial charge >= 0.3 is 0 Å². The van der Waals surface area contributed by atoms with E-state index in [9.17, 15) is 9.59 Å². The fraction of sp³-hybridized carbons (Fsp3) is 0.273. The summed E-state index contributed by atoms with van der Waals surface area (Å²) in [5, 5.41) is 14.9. The molecular weight excluding hydrogens is 414 g/mol. The Morgan fingerprint density at radius 1 is 1.13 bits per heavy atom. The van der Waals surface area contributed by atoms with Crippen molar-refractivity contribution in [1.82, 2.24) is 20.1 Å². The van der Waals surface area contributed by atoms with Crippen molar-refractivity contribution in [3.05, 3.63) is 54.1 Å². The number of carbonyl (C=O) groups excluding carboxylic acids is 2. The Morgan fingerprint density at radius 2 is 1.87 bits per heavy atom. The molecule has 3 aromatic rings. The Kier molecular flexibility index (Phi) is 6.22. The number of carbonyl (C=O) groups is 2. The molecule has 8 nitrogen and oxygen atoms in total. The van der Waals surface area contributed by atoms with Crippen LogP contribution in [0.4, 0.5) is 5.69 Å². The molecular formula is C22H23N5O3S. The number of para-hydroxylation sites is 2. The van der Waals surface area contributed by atoms with Crippen molar-refractivity contribution in [2.24, 2.45) is 7.05 Å². The molecule has 1 aromatic heterocycles. The second-order valence-electron chi connectivity index (χ2n) is 7.20. The molecule has 1 heterocycles. The summed E-state index contributed by atoms with van der Waals surface area (Å²) < 4.78 is 7.23. The zero-order chi connectivity index (χ0) is 21.8. The first-order valence-corrected chi connectivity index (χ1v) is 10.9. The lowest BCUT2D eigenvalue weighted by atomic mass is 10.1. The van der Waals surface area contributed by atoms with Gasteiger partial charge in [-0.1, -0.05) is 36.0 Å². The Hall–Kier alpha value is -3.33. The van der Waals surface area contributed by atoms with Gasteiger partial charge in [0.25, 0.3) is 5.91 Å². The number of ether oxygens (including phenoxy) is 1. The Morgan fingerprint density at radius 3 is 2.65 bits per heavy atom. The minimum absolute atomic E-state index is 0.135. The molecule has 0 bridgehead atoms. The van der Waals surface area contributed by atoms with E-state index in [2.05, 4.69) is 20.8 Å². The van der Waals surface area contributed by atoms with Gasteiger partial charge < -0.3 is 19.9 Å². The lowest BCUT2D eigenvalue weighted by Gasteiger charge is -2.11. The van der Waals surface area contributed by atoms with Gasteiger partial charge in [0.15, 0.2) is 11.0 Å². The van der Waals surface area contributed by atoms with Gasteiger partial charge in [0.1, 0.15) is 5.75 Å². The van der Waals surface area contributed by atoms with Crippen LogP contribution in [0.2, 0.25) is 0 Å². The largest absolute Gasteiger partial charge is 0.496 e. The van der Waals surface area contributed by atoms with Crippen LogP contribution in [-0.4, -0.2) is 45.5 Å². The predicted octanol–water partition coefficient (Wildman–Crippen LogP) is 3.11. The Bertz CT molecular complexity index is 1110. The third-order valence-electron chi connectivity index (χ3n) is 4.87. The van der Waals surface area contributed by atoms with E-state index in [4.69, 9.17) is 4.74 Å². The predicted molar refractivity (Wildman–Crippen MR) is 119 cm³/mol. The molecule has 1 fully saturated rings. The van der Waals surface area contributed by atoms with Crippen molar-refractivity contribution in [2.45, 2.75) is 24.0 Å². The summed E-state index contributed by atoms with van der Waals surface area (Å²) >= 11 is 1.27. The minimum atomic E-state index is -0.224. The third-order valence-corrected chi connectivity index (χ3v) is 5.89. The van der Waals surface area contributed by atoms with Gasteiger partial charge in [-0.2, -0.15) is 0 Å². The number of rotatable bonds is 8. The van der Waals surface area contributed by atoms with E-state index in [-0.39, 0.29) is 23.6 Å². The lowest BCUT2D eigenvalue weighted by Crippen LogP contribution is -2.27. The summed E-state index contributed by atoms with van der Waals surface area (Å²) in [4.78, 5) is 25.0. The second-order valence-corrected chi connectivity index (χ2v) is 8.14. The number of aromatic nitrogens is 3. The van der Waals surface area contributed by atoms with Crippen LogP contribution in [0.3, 0.4) is 0 Å². The van der Waals surface area contributed by atoms with Gasteiger partial charge in [0, 0.05) is 13.1 Å². The summed E-state index contributed by atoms with van der Waals surface area (Å²) in [6.45, 7) is 0. The van der Waals surface area contributed by atoms with Gasteiger partial charge in [-0.3, -0.25) is 9.59 Å². The maximum atomic E-state index is 12.5. The summed E-state index contributed by atoms with van der Waals surface area (Å²) in [7, 11) is 3.46. The minimum Gasteiger partial charge on any atom is -0.496 e. The summed E-state index contributed by atoms with van der Waals surface area (Å²) in [6.07, 6.45) is 2.01. The number of hydrogen-bond donors (Lipinski definition) is 2. The van der Waals surface area contributed by atoms with Crippen LogP contribution < -0.4 is 15.4 Å². The first-order valence-electron chi connectivity index (χ1n) is 9.92. The van der Waals surface area contributed by atoms with Crippen LogP contribution in [0.5, 0.6) is 5.75 Å². The molecule has 0 atom stereocenters. The van der Waals surface area contributed by atoms with Crippen LogP contribution in [0.1, 0.15) is 23.2 Å². The number of methoxy groups -OCH3 is 1. The van der Waals surface area contributed by atoms with E-state index in [0.717, 1.165) is 18.4 Å². The molecule has 0 unspecified atom stereocenters. The fourth-order valence-corrected chi connectivity index (χ4v) is 3.81.